The monoisotopic (exact) mass is 1010 g/mol. The zero-order valence-corrected chi connectivity index (χ0v) is 47.0. The lowest BCUT2D eigenvalue weighted by Gasteiger charge is -2.28. The largest absolute Gasteiger partial charge is 0.756 e. The number of likely N-dealkylation sites (N-methyl/N-ethyl adjacent to an activating group) is 1. The zero-order chi connectivity index (χ0) is 52.0. The summed E-state index contributed by atoms with van der Waals surface area (Å²) in [5.74, 6) is -0.839. The van der Waals surface area contributed by atoms with Crippen LogP contribution in [0.15, 0.2) is 97.2 Å². The van der Waals surface area contributed by atoms with Crippen LogP contribution in [0.3, 0.4) is 0 Å². The number of allylic oxidation sites excluding steroid dienone is 16. The third-order valence-corrected chi connectivity index (χ3v) is 12.8. The Morgan fingerprint density at radius 3 is 1.20 bits per heavy atom. The molecule has 0 saturated heterocycles. The van der Waals surface area contributed by atoms with Gasteiger partial charge < -0.3 is 27.9 Å². The Kier molecular flexibility index (Phi) is 49.6. The van der Waals surface area contributed by atoms with Gasteiger partial charge in [0.15, 0.2) is 6.10 Å². The van der Waals surface area contributed by atoms with E-state index in [-0.39, 0.29) is 32.0 Å². The molecule has 0 aromatic rings. The second-order valence-corrected chi connectivity index (χ2v) is 21.3. The van der Waals surface area contributed by atoms with E-state index in [1.165, 1.54) is 103 Å². The van der Waals surface area contributed by atoms with Crippen molar-refractivity contribution in [2.24, 2.45) is 0 Å². The molecule has 0 radical (unpaired) electrons. The number of esters is 2. The Morgan fingerprint density at radius 2 is 0.803 bits per heavy atom. The number of unbranched alkanes of at least 4 members (excludes halogenated alkanes) is 21. The van der Waals surface area contributed by atoms with Crippen LogP contribution in [0, 0.1) is 0 Å². The van der Waals surface area contributed by atoms with Gasteiger partial charge in [0.05, 0.1) is 27.7 Å². The van der Waals surface area contributed by atoms with Crippen molar-refractivity contribution in [1.29, 1.82) is 0 Å². The van der Waals surface area contributed by atoms with Gasteiger partial charge in [0.25, 0.3) is 7.82 Å². The molecule has 9 nitrogen and oxygen atoms in total. The number of ether oxygens (including phenoxy) is 2. The standard InChI is InChI=1S/C61H106NO8P/c1-6-8-10-12-14-16-17-18-19-20-21-22-23-24-25-26-27-28-29-30-31-32-33-34-35-36-37-38-39-40-41-42-43-44-45-46-48-50-52-54-61(64)70-59(58-69-71(65,66)68-56-55-62(3,4)5)57-67-60(63)53-51-49-47-15-13-11-9-7-2/h8,10,14,16,18-19,21-22,24-25,27-28,30-31,33-34,59H,6-7,9,11-13,15,17,20,23,26,29,32,35-58H2,1-5H3/b10-8-,16-14-,19-18-,22-21-,25-24-,28-27-,31-30-,34-33-. The van der Waals surface area contributed by atoms with E-state index in [0.717, 1.165) is 89.9 Å². The Labute approximate surface area is 436 Å². The number of carbonyl (C=O) groups excluding carboxylic acids is 2. The van der Waals surface area contributed by atoms with Crippen LogP contribution in [-0.2, 0) is 32.7 Å². The molecule has 0 aromatic heterocycles. The van der Waals surface area contributed by atoms with Gasteiger partial charge in [-0.15, -0.1) is 0 Å². The molecule has 71 heavy (non-hydrogen) atoms. The highest BCUT2D eigenvalue weighted by molar-refractivity contribution is 7.45. The summed E-state index contributed by atoms with van der Waals surface area (Å²) in [4.78, 5) is 37.5. The highest BCUT2D eigenvalue weighted by Gasteiger charge is 2.21. The Balaban J connectivity index is 3.95. The Hall–Kier alpha value is -3.07. The predicted octanol–water partition coefficient (Wildman–Crippen LogP) is 17.0. The van der Waals surface area contributed by atoms with Crippen LogP contribution in [0.5, 0.6) is 0 Å². The van der Waals surface area contributed by atoms with Crippen LogP contribution < -0.4 is 4.89 Å². The Morgan fingerprint density at radius 1 is 0.451 bits per heavy atom. The third kappa shape index (κ3) is 56.1. The van der Waals surface area contributed by atoms with Crippen molar-refractivity contribution in [2.45, 2.75) is 232 Å². The molecule has 0 aromatic carbocycles. The van der Waals surface area contributed by atoms with Gasteiger partial charge in [-0.1, -0.05) is 233 Å². The van der Waals surface area contributed by atoms with E-state index in [4.69, 9.17) is 18.5 Å². The SMILES string of the molecule is CC/C=C\C/C=C\C/C=C\C/C=C\C/C=C\C/C=C\C/C=C\C/C=C\CCCCCCCCCCCCCCCCC(=O)OC(COC(=O)CCCCCCCCCC)COP(=O)([O-])OCC[N+](C)(C)C. The normalized spacial score (nSPS) is 14.1. The molecule has 0 heterocycles. The van der Waals surface area contributed by atoms with E-state index in [2.05, 4.69) is 111 Å². The van der Waals surface area contributed by atoms with Crippen molar-refractivity contribution in [2.75, 3.05) is 47.5 Å². The topological polar surface area (TPSA) is 111 Å². The average Bonchev–Trinajstić information content (AvgIpc) is 3.33. The molecule has 2 atom stereocenters. The van der Waals surface area contributed by atoms with Crippen LogP contribution >= 0.6 is 7.82 Å². The fourth-order valence-corrected chi connectivity index (χ4v) is 8.22. The smallest absolute Gasteiger partial charge is 0.306 e. The highest BCUT2D eigenvalue weighted by atomic mass is 31.2. The van der Waals surface area contributed by atoms with Crippen molar-refractivity contribution >= 4 is 19.8 Å². The van der Waals surface area contributed by atoms with E-state index in [1.54, 1.807) is 0 Å². The highest BCUT2D eigenvalue weighted by Crippen LogP contribution is 2.38. The molecule has 408 valence electrons. The minimum atomic E-state index is -4.63. The van der Waals surface area contributed by atoms with E-state index < -0.39 is 26.5 Å². The number of nitrogens with zero attached hydrogens (tertiary/aromatic N) is 1. The molecular formula is C61H106NO8P. The quantitative estimate of drug-likeness (QED) is 0.0195. The molecule has 0 aliphatic rings. The van der Waals surface area contributed by atoms with E-state index in [0.29, 0.717) is 17.4 Å². The predicted molar refractivity (Wildman–Crippen MR) is 300 cm³/mol. The zero-order valence-electron chi connectivity index (χ0n) is 46.1. The van der Waals surface area contributed by atoms with Gasteiger partial charge >= 0.3 is 11.9 Å². The summed E-state index contributed by atoms with van der Waals surface area (Å²) >= 11 is 0. The van der Waals surface area contributed by atoms with Crippen LogP contribution in [0.25, 0.3) is 0 Å². The maximum Gasteiger partial charge on any atom is 0.306 e. The van der Waals surface area contributed by atoms with Gasteiger partial charge in [-0.2, -0.15) is 0 Å². The van der Waals surface area contributed by atoms with Gasteiger partial charge in [-0.3, -0.25) is 14.2 Å². The number of quaternary nitrogens is 1. The summed E-state index contributed by atoms with van der Waals surface area (Å²) in [5.41, 5.74) is 0. The first-order valence-electron chi connectivity index (χ1n) is 28.4. The van der Waals surface area contributed by atoms with Gasteiger partial charge in [0.1, 0.15) is 19.8 Å². The fraction of sp³-hybridized carbons (Fsp3) is 0.705. The second-order valence-electron chi connectivity index (χ2n) is 19.9. The maximum atomic E-state index is 12.7. The van der Waals surface area contributed by atoms with Crippen molar-refractivity contribution in [3.8, 4) is 0 Å². The molecule has 10 heteroatoms. The summed E-state index contributed by atoms with van der Waals surface area (Å²) in [6.45, 7) is 4.08. The fourth-order valence-electron chi connectivity index (χ4n) is 7.49. The third-order valence-electron chi connectivity index (χ3n) is 11.9. The summed E-state index contributed by atoms with van der Waals surface area (Å²) < 4.78 is 33.9. The molecule has 0 aliphatic heterocycles. The van der Waals surface area contributed by atoms with E-state index >= 15 is 0 Å². The number of phosphoric ester groups is 1. The van der Waals surface area contributed by atoms with Gasteiger partial charge in [-0.05, 0) is 77.0 Å². The van der Waals surface area contributed by atoms with Gasteiger partial charge in [0.2, 0.25) is 0 Å². The van der Waals surface area contributed by atoms with Crippen LogP contribution in [0.1, 0.15) is 226 Å². The minimum Gasteiger partial charge on any atom is -0.756 e. The lowest BCUT2D eigenvalue weighted by atomic mass is 10.0. The maximum absolute atomic E-state index is 12.7. The van der Waals surface area contributed by atoms with Crippen molar-refractivity contribution in [3.05, 3.63) is 97.2 Å². The molecule has 0 spiro atoms. The molecule has 0 bridgehead atoms. The van der Waals surface area contributed by atoms with E-state index in [9.17, 15) is 19.0 Å². The summed E-state index contributed by atoms with van der Waals surface area (Å²) in [6, 6.07) is 0. The van der Waals surface area contributed by atoms with Crippen LogP contribution in [0.4, 0.5) is 0 Å². The molecule has 0 saturated carbocycles. The van der Waals surface area contributed by atoms with Crippen LogP contribution in [0.2, 0.25) is 0 Å². The van der Waals surface area contributed by atoms with Gasteiger partial charge in [0, 0.05) is 12.8 Å². The molecule has 0 rings (SSSR count). The number of rotatable bonds is 51. The molecule has 0 fully saturated rings. The summed E-state index contributed by atoms with van der Waals surface area (Å²) in [6.07, 6.45) is 70.6. The molecular weight excluding hydrogens is 906 g/mol. The average molecular weight is 1010 g/mol. The van der Waals surface area contributed by atoms with Crippen LogP contribution in [-0.4, -0.2) is 70.0 Å². The molecule has 0 amide bonds. The van der Waals surface area contributed by atoms with Crippen molar-refractivity contribution in [1.82, 2.24) is 0 Å². The first-order valence-corrected chi connectivity index (χ1v) is 29.9. The van der Waals surface area contributed by atoms with Gasteiger partial charge in [-0.25, -0.2) is 0 Å². The second kappa shape index (κ2) is 51.8. The minimum absolute atomic E-state index is 0.0326. The molecule has 0 aliphatic carbocycles. The lowest BCUT2D eigenvalue weighted by Crippen LogP contribution is -2.37. The first-order chi connectivity index (χ1) is 34.5. The van der Waals surface area contributed by atoms with Crippen molar-refractivity contribution < 1.29 is 42.1 Å². The number of carbonyl (C=O) groups is 2. The Bertz CT molecular complexity index is 1520. The van der Waals surface area contributed by atoms with Crippen molar-refractivity contribution in [3.63, 3.8) is 0 Å². The molecule has 2 unspecified atom stereocenters. The summed E-state index contributed by atoms with van der Waals surface area (Å²) in [5, 5.41) is 0. The number of hydrogen-bond donors (Lipinski definition) is 0. The number of hydrogen-bond acceptors (Lipinski definition) is 8. The summed E-state index contributed by atoms with van der Waals surface area (Å²) in [7, 11) is 1.16. The lowest BCUT2D eigenvalue weighted by molar-refractivity contribution is -0.870. The molecule has 0 N–H and O–H groups in total. The first kappa shape index (κ1) is 67.9. The number of phosphoric acid groups is 1. The van der Waals surface area contributed by atoms with E-state index in [1.807, 2.05) is 21.1 Å².